The van der Waals surface area contributed by atoms with Crippen LogP contribution < -0.4 is 9.47 Å². The van der Waals surface area contributed by atoms with Gasteiger partial charge in [-0.25, -0.2) is 4.39 Å². The highest BCUT2D eigenvalue weighted by Gasteiger charge is 2.16. The van der Waals surface area contributed by atoms with E-state index in [0.29, 0.717) is 28.2 Å². The lowest BCUT2D eigenvalue weighted by Gasteiger charge is -2.12. The Morgan fingerprint density at radius 2 is 1.77 bits per heavy atom. The summed E-state index contributed by atoms with van der Waals surface area (Å²) in [5.41, 5.74) is 1.43. The van der Waals surface area contributed by atoms with E-state index in [-0.39, 0.29) is 0 Å². The summed E-state index contributed by atoms with van der Waals surface area (Å²) in [6.45, 7) is 1.52. The number of carbonyl (C=O) groups is 1. The molecule has 0 saturated carbocycles. The third-order valence-electron chi connectivity index (χ3n) is 3.56. The lowest BCUT2D eigenvalue weighted by molar-refractivity contribution is -0.138. The minimum absolute atomic E-state index is 0.377. The molecule has 0 heterocycles. The molecule has 0 bridgehead atoms. The zero-order valence-corrected chi connectivity index (χ0v) is 12.6. The predicted octanol–water partition coefficient (Wildman–Crippen LogP) is 3.70. The van der Waals surface area contributed by atoms with Crippen molar-refractivity contribution in [3.63, 3.8) is 0 Å². The van der Waals surface area contributed by atoms with Crippen LogP contribution in [0.2, 0.25) is 0 Å². The van der Waals surface area contributed by atoms with Crippen molar-refractivity contribution < 1.29 is 23.8 Å². The van der Waals surface area contributed by atoms with Gasteiger partial charge in [0.25, 0.3) is 0 Å². The van der Waals surface area contributed by atoms with Crippen LogP contribution in [0.25, 0.3) is 11.1 Å². The number of ether oxygens (including phenoxy) is 2. The number of halogens is 1. The highest BCUT2D eigenvalue weighted by atomic mass is 19.1. The molecule has 0 aliphatic heterocycles. The van der Waals surface area contributed by atoms with Crippen molar-refractivity contribution in [2.24, 2.45) is 0 Å². The van der Waals surface area contributed by atoms with Gasteiger partial charge in [0.15, 0.2) is 11.5 Å². The molecule has 1 atom stereocenters. The Morgan fingerprint density at radius 1 is 1.09 bits per heavy atom. The van der Waals surface area contributed by atoms with E-state index in [2.05, 4.69) is 0 Å². The first-order chi connectivity index (χ1) is 10.5. The third kappa shape index (κ3) is 3.03. The van der Waals surface area contributed by atoms with E-state index in [1.54, 1.807) is 30.3 Å². The number of aliphatic carboxylic acids is 1. The van der Waals surface area contributed by atoms with Crippen LogP contribution >= 0.6 is 0 Å². The number of methoxy groups -OCH3 is 2. The molecule has 0 radical (unpaired) electrons. The third-order valence-corrected chi connectivity index (χ3v) is 3.56. The van der Waals surface area contributed by atoms with E-state index in [1.165, 1.54) is 27.2 Å². The fourth-order valence-corrected chi connectivity index (χ4v) is 2.18. The van der Waals surface area contributed by atoms with Gasteiger partial charge in [-0.3, -0.25) is 4.79 Å². The number of benzene rings is 2. The summed E-state index contributed by atoms with van der Waals surface area (Å²) in [6.07, 6.45) is 0. The van der Waals surface area contributed by atoms with Crippen molar-refractivity contribution in [3.05, 3.63) is 47.8 Å². The molecule has 0 saturated heterocycles. The van der Waals surface area contributed by atoms with Crippen molar-refractivity contribution in [1.29, 1.82) is 0 Å². The van der Waals surface area contributed by atoms with E-state index < -0.39 is 17.7 Å². The summed E-state index contributed by atoms with van der Waals surface area (Å²) in [5, 5.41) is 8.99. The Labute approximate surface area is 128 Å². The molecule has 2 aromatic carbocycles. The standard InChI is InChI=1S/C17H17FO4/c1-10(17(19)20)11-4-6-13(14(18)8-11)12-5-7-15(21-2)16(9-12)22-3/h4-10H,1-3H3,(H,19,20)/t10-/m1/s1. The number of carboxylic acids is 1. The van der Waals surface area contributed by atoms with Crippen molar-refractivity contribution in [2.75, 3.05) is 14.2 Å². The van der Waals surface area contributed by atoms with Crippen molar-refractivity contribution in [1.82, 2.24) is 0 Å². The molecule has 0 fully saturated rings. The van der Waals surface area contributed by atoms with Crippen LogP contribution in [0.5, 0.6) is 11.5 Å². The molecule has 0 amide bonds. The second kappa shape index (κ2) is 6.47. The van der Waals surface area contributed by atoms with Crippen LogP contribution in [0.15, 0.2) is 36.4 Å². The maximum Gasteiger partial charge on any atom is 0.310 e. The summed E-state index contributed by atoms with van der Waals surface area (Å²) in [6, 6.07) is 9.54. The summed E-state index contributed by atoms with van der Waals surface area (Å²) < 4.78 is 24.7. The first-order valence-electron chi connectivity index (χ1n) is 6.72. The van der Waals surface area contributed by atoms with E-state index in [9.17, 15) is 9.18 Å². The normalized spacial score (nSPS) is 11.8. The Morgan fingerprint density at radius 3 is 2.32 bits per heavy atom. The molecule has 22 heavy (non-hydrogen) atoms. The topological polar surface area (TPSA) is 55.8 Å². The minimum Gasteiger partial charge on any atom is -0.493 e. The maximum atomic E-state index is 14.3. The SMILES string of the molecule is COc1ccc(-c2ccc([C@@H](C)C(=O)O)cc2F)cc1OC. The quantitative estimate of drug-likeness (QED) is 0.915. The monoisotopic (exact) mass is 304 g/mol. The Kier molecular flexibility index (Phi) is 4.65. The number of carboxylic acid groups (broad SMARTS) is 1. The Hall–Kier alpha value is -2.56. The maximum absolute atomic E-state index is 14.3. The molecule has 0 aliphatic rings. The van der Waals surface area contributed by atoms with Gasteiger partial charge in [0, 0.05) is 5.56 Å². The van der Waals surface area contributed by atoms with E-state index in [0.717, 1.165) is 0 Å². The molecular weight excluding hydrogens is 287 g/mol. The minimum atomic E-state index is -0.988. The van der Waals surface area contributed by atoms with Gasteiger partial charge >= 0.3 is 5.97 Å². The molecule has 2 rings (SSSR count). The van der Waals surface area contributed by atoms with Gasteiger partial charge in [-0.1, -0.05) is 18.2 Å². The van der Waals surface area contributed by atoms with Gasteiger partial charge in [-0.05, 0) is 36.2 Å². The van der Waals surface area contributed by atoms with Crippen LogP contribution in [-0.4, -0.2) is 25.3 Å². The average Bonchev–Trinajstić information content (AvgIpc) is 2.53. The van der Waals surface area contributed by atoms with Gasteiger partial charge < -0.3 is 14.6 Å². The molecular formula is C17H17FO4. The van der Waals surface area contributed by atoms with Crippen molar-refractivity contribution >= 4 is 5.97 Å². The molecule has 0 spiro atoms. The zero-order chi connectivity index (χ0) is 16.3. The van der Waals surface area contributed by atoms with Gasteiger partial charge in [0.2, 0.25) is 0 Å². The molecule has 0 aliphatic carbocycles. The van der Waals surface area contributed by atoms with Gasteiger partial charge in [-0.2, -0.15) is 0 Å². The molecule has 1 N–H and O–H groups in total. The average molecular weight is 304 g/mol. The number of rotatable bonds is 5. The fraction of sp³-hybridized carbons (Fsp3) is 0.235. The van der Waals surface area contributed by atoms with Crippen molar-refractivity contribution in [3.8, 4) is 22.6 Å². The van der Waals surface area contributed by atoms with Gasteiger partial charge in [-0.15, -0.1) is 0 Å². The Bertz CT molecular complexity index is 697. The smallest absolute Gasteiger partial charge is 0.310 e. The Balaban J connectivity index is 2.43. The zero-order valence-electron chi connectivity index (χ0n) is 12.6. The van der Waals surface area contributed by atoms with Crippen LogP contribution in [0.1, 0.15) is 18.4 Å². The first-order valence-corrected chi connectivity index (χ1v) is 6.72. The second-order valence-electron chi connectivity index (χ2n) is 4.87. The van der Waals surface area contributed by atoms with Crippen LogP contribution in [0.3, 0.4) is 0 Å². The van der Waals surface area contributed by atoms with Crippen LogP contribution in [-0.2, 0) is 4.79 Å². The van der Waals surface area contributed by atoms with Crippen LogP contribution in [0.4, 0.5) is 4.39 Å². The largest absolute Gasteiger partial charge is 0.493 e. The van der Waals surface area contributed by atoms with Crippen molar-refractivity contribution in [2.45, 2.75) is 12.8 Å². The first kappa shape index (κ1) is 15.8. The predicted molar refractivity (Wildman–Crippen MR) is 81.0 cm³/mol. The number of hydrogen-bond acceptors (Lipinski definition) is 3. The lowest BCUT2D eigenvalue weighted by atomic mass is 9.97. The highest BCUT2D eigenvalue weighted by Crippen LogP contribution is 2.34. The number of hydrogen-bond donors (Lipinski definition) is 1. The molecule has 2 aromatic rings. The molecule has 0 aromatic heterocycles. The summed E-state index contributed by atoms with van der Waals surface area (Å²) >= 11 is 0. The summed E-state index contributed by atoms with van der Waals surface area (Å²) in [4.78, 5) is 11.0. The van der Waals surface area contributed by atoms with E-state index >= 15 is 0 Å². The molecule has 5 heteroatoms. The van der Waals surface area contributed by atoms with E-state index in [1.807, 2.05) is 0 Å². The fourth-order valence-electron chi connectivity index (χ4n) is 2.18. The van der Waals surface area contributed by atoms with Crippen LogP contribution in [0, 0.1) is 5.82 Å². The summed E-state index contributed by atoms with van der Waals surface area (Å²) in [5.74, 6) is -1.16. The van der Waals surface area contributed by atoms with E-state index in [4.69, 9.17) is 14.6 Å². The second-order valence-corrected chi connectivity index (χ2v) is 4.87. The highest BCUT2D eigenvalue weighted by molar-refractivity contribution is 5.76. The van der Waals surface area contributed by atoms with Gasteiger partial charge in [0.1, 0.15) is 5.82 Å². The summed E-state index contributed by atoms with van der Waals surface area (Å²) in [7, 11) is 3.04. The molecule has 4 nitrogen and oxygen atoms in total. The molecule has 116 valence electrons. The lowest BCUT2D eigenvalue weighted by Crippen LogP contribution is -2.07. The van der Waals surface area contributed by atoms with Gasteiger partial charge in [0.05, 0.1) is 20.1 Å². The molecule has 0 unspecified atom stereocenters.